The third-order valence-corrected chi connectivity index (χ3v) is 6.84. The van der Waals surface area contributed by atoms with Crippen LogP contribution in [0, 0.1) is 11.8 Å². The Hall–Kier alpha value is -0.740. The lowest BCUT2D eigenvalue weighted by molar-refractivity contribution is -0.123. The molecule has 0 fully saturated rings. The largest absolute Gasteiger partial charge is 0.300 e. The lowest BCUT2D eigenvalue weighted by atomic mass is 9.94. The maximum Gasteiger partial charge on any atom is 0.136 e. The van der Waals surface area contributed by atoms with Gasteiger partial charge in [-0.25, -0.2) is 0 Å². The average molecular weight is 351 g/mol. The Kier molecular flexibility index (Phi) is 7.71. The highest BCUT2D eigenvalue weighted by molar-refractivity contribution is 7.98. The quantitative estimate of drug-likeness (QED) is 0.771. The van der Waals surface area contributed by atoms with Crippen LogP contribution >= 0.6 is 23.5 Å². The van der Waals surface area contributed by atoms with Crippen LogP contribution in [-0.2, 0) is 21.1 Å². The highest BCUT2D eigenvalue weighted by Crippen LogP contribution is 2.27. The van der Waals surface area contributed by atoms with E-state index in [1.807, 2.05) is 23.5 Å². The summed E-state index contributed by atoms with van der Waals surface area (Å²) in [5, 5.41) is 0. The number of rotatable bonds is 2. The molecule has 1 aromatic carbocycles. The van der Waals surface area contributed by atoms with Gasteiger partial charge < -0.3 is 0 Å². The summed E-state index contributed by atoms with van der Waals surface area (Å²) in [6, 6.07) is 8.55. The van der Waals surface area contributed by atoms with Crippen LogP contribution in [0.5, 0.6) is 0 Å². The van der Waals surface area contributed by atoms with Gasteiger partial charge in [0.15, 0.2) is 0 Å². The lowest BCUT2D eigenvalue weighted by Crippen LogP contribution is -2.20. The van der Waals surface area contributed by atoms with Crippen molar-refractivity contribution in [1.29, 1.82) is 0 Å². The van der Waals surface area contributed by atoms with Crippen LogP contribution in [0.1, 0.15) is 44.2 Å². The van der Waals surface area contributed by atoms with Crippen LogP contribution in [-0.4, -0.2) is 23.1 Å². The van der Waals surface area contributed by atoms with Crippen molar-refractivity contribution < 1.29 is 9.59 Å². The molecule has 126 valence electrons. The van der Waals surface area contributed by atoms with Crippen molar-refractivity contribution in [3.05, 3.63) is 35.4 Å². The molecule has 0 spiro atoms. The normalized spacial score (nSPS) is 24.0. The lowest BCUT2D eigenvalue weighted by Gasteiger charge is -2.15. The van der Waals surface area contributed by atoms with E-state index in [-0.39, 0.29) is 17.6 Å². The Labute approximate surface area is 148 Å². The molecular weight excluding hydrogens is 324 g/mol. The molecular formula is C19H26O2S2. The summed E-state index contributed by atoms with van der Waals surface area (Å²) in [6.45, 7) is 3.75. The third-order valence-electron chi connectivity index (χ3n) is 4.53. The summed E-state index contributed by atoms with van der Waals surface area (Å²) in [4.78, 5) is 24.3. The summed E-state index contributed by atoms with van der Waals surface area (Å²) < 4.78 is 0. The highest BCUT2D eigenvalue weighted by Gasteiger charge is 2.21. The summed E-state index contributed by atoms with van der Waals surface area (Å²) in [7, 11) is 0. The zero-order valence-electron chi connectivity index (χ0n) is 14.0. The van der Waals surface area contributed by atoms with E-state index in [1.54, 1.807) is 6.92 Å². The minimum Gasteiger partial charge on any atom is -0.300 e. The number of Topliss-reactive ketones (excluding diaryl/α,β-unsaturated/α-hetero) is 2. The minimum atomic E-state index is 0.0158. The maximum absolute atomic E-state index is 12.4. The molecule has 0 saturated carbocycles. The first-order valence-electron chi connectivity index (χ1n) is 8.37. The van der Waals surface area contributed by atoms with Crippen molar-refractivity contribution >= 4 is 35.1 Å². The molecule has 0 radical (unpaired) electrons. The average Bonchev–Trinajstić information content (AvgIpc) is 2.55. The second kappa shape index (κ2) is 9.53. The summed E-state index contributed by atoms with van der Waals surface area (Å²) in [5.74, 6) is 4.33. The first-order valence-corrected chi connectivity index (χ1v) is 10.7. The van der Waals surface area contributed by atoms with E-state index in [1.165, 1.54) is 11.1 Å². The highest BCUT2D eigenvalue weighted by atomic mass is 32.2. The molecule has 23 heavy (non-hydrogen) atoms. The molecule has 0 aromatic heterocycles. The fraction of sp³-hybridized carbons (Fsp3) is 0.579. The predicted molar refractivity (Wildman–Crippen MR) is 101 cm³/mol. The second-order valence-corrected chi connectivity index (χ2v) is 8.28. The maximum atomic E-state index is 12.4. The van der Waals surface area contributed by atoms with Gasteiger partial charge in [-0.15, -0.1) is 0 Å². The SMILES string of the molecule is CC[C@H]1CSCc2ccccc2CSC[C@@H](C(C)=O)CCC1=O. The van der Waals surface area contributed by atoms with Gasteiger partial charge in [-0.05, 0) is 30.9 Å². The van der Waals surface area contributed by atoms with Crippen LogP contribution in [0.25, 0.3) is 0 Å². The Morgan fingerprint density at radius 1 is 1.13 bits per heavy atom. The summed E-state index contributed by atoms with van der Waals surface area (Å²) >= 11 is 3.68. The molecule has 1 aliphatic rings. The fourth-order valence-electron chi connectivity index (χ4n) is 2.82. The van der Waals surface area contributed by atoms with E-state index in [4.69, 9.17) is 0 Å². The second-order valence-electron chi connectivity index (χ2n) is 6.22. The Balaban J connectivity index is 2.15. The Bertz CT molecular complexity index is 527. The van der Waals surface area contributed by atoms with Gasteiger partial charge in [0.2, 0.25) is 0 Å². The van der Waals surface area contributed by atoms with Crippen LogP contribution < -0.4 is 0 Å². The number of hydrogen-bond donors (Lipinski definition) is 0. The van der Waals surface area contributed by atoms with Gasteiger partial charge >= 0.3 is 0 Å². The Morgan fingerprint density at radius 2 is 1.74 bits per heavy atom. The molecule has 2 nitrogen and oxygen atoms in total. The van der Waals surface area contributed by atoms with Crippen molar-refractivity contribution in [2.45, 2.75) is 44.6 Å². The van der Waals surface area contributed by atoms with Gasteiger partial charge in [0.1, 0.15) is 11.6 Å². The van der Waals surface area contributed by atoms with Gasteiger partial charge in [-0.2, -0.15) is 23.5 Å². The third kappa shape index (κ3) is 5.68. The van der Waals surface area contributed by atoms with Crippen molar-refractivity contribution in [3.8, 4) is 0 Å². The standard InChI is InChI=1S/C19H26O2S2/c1-3-15-10-22-12-17-6-4-5-7-18(17)13-23-11-16(14(2)20)8-9-19(15)21/h4-7,15-16H,3,8-13H2,1-2H3/t15-,16-/m0/s1. The first kappa shape index (κ1) is 18.6. The number of thioether (sulfide) groups is 2. The number of hydrogen-bond acceptors (Lipinski definition) is 4. The van der Waals surface area contributed by atoms with Crippen molar-refractivity contribution in [3.63, 3.8) is 0 Å². The van der Waals surface area contributed by atoms with E-state index in [0.29, 0.717) is 18.6 Å². The summed E-state index contributed by atoms with van der Waals surface area (Å²) in [6.07, 6.45) is 2.16. The molecule has 0 bridgehead atoms. The number of benzene rings is 1. The smallest absolute Gasteiger partial charge is 0.136 e. The fourth-order valence-corrected chi connectivity index (χ4v) is 5.46. The van der Waals surface area contributed by atoms with Crippen LogP contribution in [0.3, 0.4) is 0 Å². The van der Waals surface area contributed by atoms with Gasteiger partial charge in [0, 0.05) is 41.3 Å². The molecule has 0 saturated heterocycles. The zero-order chi connectivity index (χ0) is 16.7. The molecule has 1 aromatic rings. The first-order chi connectivity index (χ1) is 11.1. The van der Waals surface area contributed by atoms with Gasteiger partial charge in [0.25, 0.3) is 0 Å². The Morgan fingerprint density at radius 3 is 2.30 bits per heavy atom. The van der Waals surface area contributed by atoms with Gasteiger partial charge in [0.05, 0.1) is 0 Å². The molecule has 0 aliphatic carbocycles. The summed E-state index contributed by atoms with van der Waals surface area (Å²) in [5.41, 5.74) is 2.73. The monoisotopic (exact) mass is 350 g/mol. The van der Waals surface area contributed by atoms with E-state index in [9.17, 15) is 9.59 Å². The van der Waals surface area contributed by atoms with E-state index in [2.05, 4.69) is 31.2 Å². The molecule has 1 aliphatic heterocycles. The molecule has 4 heteroatoms. The zero-order valence-corrected chi connectivity index (χ0v) is 15.7. The van der Waals surface area contributed by atoms with Crippen LogP contribution in [0.15, 0.2) is 24.3 Å². The number of ketones is 2. The van der Waals surface area contributed by atoms with E-state index in [0.717, 1.165) is 29.4 Å². The van der Waals surface area contributed by atoms with Gasteiger partial charge in [-0.3, -0.25) is 9.59 Å². The van der Waals surface area contributed by atoms with Crippen LogP contribution in [0.2, 0.25) is 0 Å². The number of fused-ring (bicyclic) bond motifs is 1. The van der Waals surface area contributed by atoms with Crippen molar-refractivity contribution in [1.82, 2.24) is 0 Å². The van der Waals surface area contributed by atoms with E-state index < -0.39 is 0 Å². The molecule has 2 atom stereocenters. The van der Waals surface area contributed by atoms with Crippen molar-refractivity contribution in [2.24, 2.45) is 11.8 Å². The van der Waals surface area contributed by atoms with Crippen LogP contribution in [0.4, 0.5) is 0 Å². The van der Waals surface area contributed by atoms with Crippen molar-refractivity contribution in [2.75, 3.05) is 11.5 Å². The number of carbonyl (C=O) groups is 2. The molecule has 1 heterocycles. The van der Waals surface area contributed by atoms with Gasteiger partial charge in [-0.1, -0.05) is 31.2 Å². The number of carbonyl (C=O) groups excluding carboxylic acids is 2. The van der Waals surface area contributed by atoms with E-state index >= 15 is 0 Å². The molecule has 0 unspecified atom stereocenters. The minimum absolute atomic E-state index is 0.0158. The topological polar surface area (TPSA) is 34.1 Å². The molecule has 2 rings (SSSR count). The predicted octanol–water partition coefficient (Wildman–Crippen LogP) is 4.75. The molecule has 0 amide bonds. The molecule has 0 N–H and O–H groups in total.